The molecule has 2 unspecified atom stereocenters. The van der Waals surface area contributed by atoms with Crippen LogP contribution in [0, 0.1) is 6.92 Å². The maximum Gasteiger partial charge on any atom is 0.298 e. The highest BCUT2D eigenvalue weighted by molar-refractivity contribution is 6.23. The molecular formula is C26H21N5O2. The number of aryl methyl sites for hydroxylation is 1. The molecule has 1 amide bonds. The van der Waals surface area contributed by atoms with Gasteiger partial charge in [0.2, 0.25) is 11.5 Å². The molecule has 1 spiro atoms. The zero-order valence-corrected chi connectivity index (χ0v) is 18.2. The first kappa shape index (κ1) is 19.4. The van der Waals surface area contributed by atoms with Crippen molar-refractivity contribution in [2.24, 2.45) is 5.10 Å². The van der Waals surface area contributed by atoms with E-state index in [2.05, 4.69) is 10.1 Å². The predicted octanol–water partition coefficient (Wildman–Crippen LogP) is 4.26. The van der Waals surface area contributed by atoms with Gasteiger partial charge in [-0.3, -0.25) is 9.78 Å². The summed E-state index contributed by atoms with van der Waals surface area (Å²) in [6.45, 7) is 3.80. The molecule has 0 aliphatic carbocycles. The first-order chi connectivity index (χ1) is 16.1. The van der Waals surface area contributed by atoms with Gasteiger partial charge in [-0.1, -0.05) is 42.5 Å². The smallest absolute Gasteiger partial charge is 0.298 e. The number of fused-ring (bicyclic) bond motifs is 1. The first-order valence-corrected chi connectivity index (χ1v) is 10.8. The number of hydrogen-bond donors (Lipinski definition) is 0. The van der Waals surface area contributed by atoms with Gasteiger partial charge in [-0.2, -0.15) is 15.2 Å². The molecule has 0 bridgehead atoms. The molecule has 4 heterocycles. The molecule has 0 saturated carbocycles. The second-order valence-electron chi connectivity index (χ2n) is 8.25. The molecule has 0 N–H and O–H groups in total. The lowest BCUT2D eigenvalue weighted by atomic mass is 9.77. The average molecular weight is 435 g/mol. The number of benzene rings is 2. The Hall–Kier alpha value is -4.26. The number of para-hydroxylation sites is 2. The van der Waals surface area contributed by atoms with Gasteiger partial charge in [0, 0.05) is 18.0 Å². The largest absolute Gasteiger partial charge is 0.453 e. The number of nitrogens with zero attached hydrogens (tertiary/aromatic N) is 5. The fourth-order valence-electron chi connectivity index (χ4n) is 4.83. The first-order valence-electron chi connectivity index (χ1n) is 10.8. The molecule has 2 aliphatic heterocycles. The lowest BCUT2D eigenvalue weighted by Gasteiger charge is -2.30. The van der Waals surface area contributed by atoms with Crippen molar-refractivity contribution >= 4 is 17.3 Å². The van der Waals surface area contributed by atoms with Crippen LogP contribution in [0.2, 0.25) is 0 Å². The summed E-state index contributed by atoms with van der Waals surface area (Å²) in [6, 6.07) is 23.1. The van der Waals surface area contributed by atoms with Gasteiger partial charge in [-0.25, -0.2) is 4.68 Å². The third-order valence-electron chi connectivity index (χ3n) is 6.33. The van der Waals surface area contributed by atoms with E-state index in [1.807, 2.05) is 86.6 Å². The molecule has 33 heavy (non-hydrogen) atoms. The molecule has 2 aromatic heterocycles. The topological polar surface area (TPSA) is 72.6 Å². The third kappa shape index (κ3) is 2.68. The third-order valence-corrected chi connectivity index (χ3v) is 6.33. The Bertz CT molecular complexity index is 1380. The number of rotatable bonds is 3. The molecular weight excluding hydrogens is 414 g/mol. The number of carbonyl (C=O) groups is 1. The van der Waals surface area contributed by atoms with Gasteiger partial charge in [-0.05, 0) is 49.7 Å². The minimum absolute atomic E-state index is 0.227. The quantitative estimate of drug-likeness (QED) is 0.482. The number of hydrogen-bond acceptors (Lipinski definition) is 5. The van der Waals surface area contributed by atoms with Gasteiger partial charge in [0.1, 0.15) is 0 Å². The van der Waals surface area contributed by atoms with Crippen LogP contribution in [0.3, 0.4) is 0 Å². The number of anilines is 1. The van der Waals surface area contributed by atoms with E-state index in [0.29, 0.717) is 17.3 Å². The summed E-state index contributed by atoms with van der Waals surface area (Å²) in [5.41, 5.74) is 3.41. The van der Waals surface area contributed by atoms with E-state index in [4.69, 9.17) is 9.84 Å². The Labute approximate surface area is 191 Å². The van der Waals surface area contributed by atoms with Crippen LogP contribution in [0.25, 0.3) is 5.69 Å². The number of carbonyl (C=O) groups excluding carboxylic acids is 1. The van der Waals surface area contributed by atoms with E-state index in [1.165, 1.54) is 5.01 Å². The predicted molar refractivity (Wildman–Crippen MR) is 125 cm³/mol. The number of aromatic nitrogens is 3. The number of ether oxygens (including phenoxy) is 1. The van der Waals surface area contributed by atoms with Crippen LogP contribution in [0.1, 0.15) is 29.7 Å². The zero-order chi connectivity index (χ0) is 22.6. The van der Waals surface area contributed by atoms with Crippen molar-refractivity contribution in [2.75, 3.05) is 5.01 Å². The fraction of sp³-hybridized carbons (Fsp3) is 0.154. The second kappa shape index (κ2) is 7.13. The number of hydrazone groups is 1. The van der Waals surface area contributed by atoms with Gasteiger partial charge in [0.05, 0.1) is 28.7 Å². The van der Waals surface area contributed by atoms with Crippen molar-refractivity contribution in [1.82, 2.24) is 14.8 Å². The van der Waals surface area contributed by atoms with E-state index in [-0.39, 0.29) is 5.91 Å². The fourth-order valence-corrected chi connectivity index (χ4v) is 4.83. The standard InChI is InChI=1S/C26H21N5O2/c1-17-22-23(19-10-9-15-27-16-19)26(33-24(22)30(28-17)20-11-5-3-6-12-20)18(2)29-31(25(26)32)21-13-7-4-8-14-21/h3-16,23H,1-2H3. The molecule has 0 fully saturated rings. The van der Waals surface area contributed by atoms with Gasteiger partial charge in [0.25, 0.3) is 5.91 Å². The summed E-state index contributed by atoms with van der Waals surface area (Å²) in [4.78, 5) is 18.4. The SMILES string of the molecule is CC1=NN(c2ccccc2)C(=O)C12Oc1c(c(C)nn1-c1ccccc1)C2c1cccnc1. The van der Waals surface area contributed by atoms with Crippen LogP contribution in [0.15, 0.2) is 90.3 Å². The highest BCUT2D eigenvalue weighted by atomic mass is 16.5. The molecule has 7 nitrogen and oxygen atoms in total. The molecule has 2 aromatic carbocycles. The van der Waals surface area contributed by atoms with Gasteiger partial charge < -0.3 is 4.74 Å². The minimum atomic E-state index is -1.31. The number of amides is 1. The Morgan fingerprint density at radius 1 is 0.909 bits per heavy atom. The summed E-state index contributed by atoms with van der Waals surface area (Å²) in [5, 5.41) is 10.9. The van der Waals surface area contributed by atoms with Crippen molar-refractivity contribution in [3.63, 3.8) is 0 Å². The maximum atomic E-state index is 14.1. The monoisotopic (exact) mass is 435 g/mol. The van der Waals surface area contributed by atoms with Gasteiger partial charge >= 0.3 is 0 Å². The summed E-state index contributed by atoms with van der Waals surface area (Å²) in [6.07, 6.45) is 3.51. The minimum Gasteiger partial charge on any atom is -0.453 e. The summed E-state index contributed by atoms with van der Waals surface area (Å²) in [5.74, 6) is -0.0933. The highest BCUT2D eigenvalue weighted by Gasteiger charge is 2.64. The van der Waals surface area contributed by atoms with E-state index < -0.39 is 11.5 Å². The van der Waals surface area contributed by atoms with Crippen molar-refractivity contribution in [2.45, 2.75) is 25.4 Å². The normalized spacial score (nSPS) is 21.3. The Morgan fingerprint density at radius 2 is 1.61 bits per heavy atom. The molecule has 6 rings (SSSR count). The zero-order valence-electron chi connectivity index (χ0n) is 18.2. The van der Waals surface area contributed by atoms with Crippen molar-refractivity contribution < 1.29 is 9.53 Å². The molecule has 7 heteroatoms. The van der Waals surface area contributed by atoms with Crippen molar-refractivity contribution in [1.29, 1.82) is 0 Å². The van der Waals surface area contributed by atoms with Crippen LogP contribution in [0.5, 0.6) is 5.88 Å². The molecule has 0 saturated heterocycles. The van der Waals surface area contributed by atoms with E-state index >= 15 is 0 Å². The van der Waals surface area contributed by atoms with Crippen LogP contribution < -0.4 is 9.75 Å². The van der Waals surface area contributed by atoms with Crippen LogP contribution >= 0.6 is 0 Å². The molecule has 0 radical (unpaired) electrons. The van der Waals surface area contributed by atoms with Crippen molar-refractivity contribution in [3.8, 4) is 11.6 Å². The van der Waals surface area contributed by atoms with E-state index in [1.54, 1.807) is 17.1 Å². The summed E-state index contributed by atoms with van der Waals surface area (Å²) >= 11 is 0. The molecule has 162 valence electrons. The summed E-state index contributed by atoms with van der Waals surface area (Å²) in [7, 11) is 0. The lowest BCUT2D eigenvalue weighted by molar-refractivity contribution is -0.127. The molecule has 2 aliphatic rings. The number of pyridine rings is 1. The van der Waals surface area contributed by atoms with Crippen LogP contribution in [-0.2, 0) is 4.79 Å². The average Bonchev–Trinajstić information content (AvgIpc) is 3.47. The van der Waals surface area contributed by atoms with Crippen LogP contribution in [-0.4, -0.2) is 32.0 Å². The summed E-state index contributed by atoms with van der Waals surface area (Å²) < 4.78 is 8.43. The Kier molecular flexibility index (Phi) is 4.20. The Balaban J connectivity index is 1.57. The van der Waals surface area contributed by atoms with Crippen molar-refractivity contribution in [3.05, 3.63) is 102 Å². The van der Waals surface area contributed by atoms with Crippen LogP contribution in [0.4, 0.5) is 5.69 Å². The van der Waals surface area contributed by atoms with E-state index in [9.17, 15) is 4.79 Å². The van der Waals surface area contributed by atoms with Gasteiger partial charge in [-0.15, -0.1) is 0 Å². The van der Waals surface area contributed by atoms with E-state index in [0.717, 1.165) is 22.5 Å². The molecule has 2 atom stereocenters. The maximum absolute atomic E-state index is 14.1. The Morgan fingerprint density at radius 3 is 2.27 bits per heavy atom. The lowest BCUT2D eigenvalue weighted by Crippen LogP contribution is -2.53. The van der Waals surface area contributed by atoms with Gasteiger partial charge in [0.15, 0.2) is 0 Å². The highest BCUT2D eigenvalue weighted by Crippen LogP contribution is 2.53. The molecule has 4 aromatic rings. The second-order valence-corrected chi connectivity index (χ2v) is 8.25.